The van der Waals surface area contributed by atoms with Crippen LogP contribution in [-0.2, 0) is 0 Å². The Morgan fingerprint density at radius 3 is 2.58 bits per heavy atom. The Morgan fingerprint density at radius 1 is 1.58 bits per heavy atom. The molecular formula is C7H4BrFNO2-. The molecule has 0 spiro atoms. The smallest absolute Gasteiger partial charge is 0.147 e. The topological polar surface area (TPSA) is 66.2 Å². The van der Waals surface area contributed by atoms with Crippen LogP contribution in [0.25, 0.3) is 0 Å². The van der Waals surface area contributed by atoms with E-state index in [1.165, 1.54) is 6.07 Å². The van der Waals surface area contributed by atoms with Crippen LogP contribution in [-0.4, -0.2) is 5.97 Å². The van der Waals surface area contributed by atoms with Gasteiger partial charge in [-0.25, -0.2) is 4.39 Å². The quantitative estimate of drug-likeness (QED) is 0.719. The van der Waals surface area contributed by atoms with Gasteiger partial charge in [-0.2, -0.15) is 0 Å². The predicted molar refractivity (Wildman–Crippen MR) is 42.8 cm³/mol. The van der Waals surface area contributed by atoms with Gasteiger partial charge in [0.2, 0.25) is 0 Å². The third kappa shape index (κ3) is 1.55. The van der Waals surface area contributed by atoms with Crippen LogP contribution in [0.4, 0.5) is 10.1 Å². The van der Waals surface area contributed by atoms with Gasteiger partial charge in [-0.15, -0.1) is 0 Å². The van der Waals surface area contributed by atoms with Crippen molar-refractivity contribution in [2.24, 2.45) is 0 Å². The number of aromatic carboxylic acids is 1. The molecule has 0 bridgehead atoms. The molecule has 3 nitrogen and oxygen atoms in total. The number of anilines is 1. The van der Waals surface area contributed by atoms with Crippen molar-refractivity contribution in [2.75, 3.05) is 5.73 Å². The summed E-state index contributed by atoms with van der Waals surface area (Å²) >= 11 is 2.91. The fourth-order valence-electron chi connectivity index (χ4n) is 0.702. The summed E-state index contributed by atoms with van der Waals surface area (Å²) in [5.41, 5.74) is 4.86. The Balaban J connectivity index is 3.31. The van der Waals surface area contributed by atoms with Gasteiger partial charge in [0.1, 0.15) is 5.82 Å². The Morgan fingerprint density at radius 2 is 2.17 bits per heavy atom. The zero-order valence-electron chi connectivity index (χ0n) is 5.80. The van der Waals surface area contributed by atoms with Crippen LogP contribution in [0.2, 0.25) is 0 Å². The van der Waals surface area contributed by atoms with Crippen molar-refractivity contribution < 1.29 is 14.3 Å². The minimum absolute atomic E-state index is 0.111. The highest BCUT2D eigenvalue weighted by atomic mass is 79.9. The zero-order valence-corrected chi connectivity index (χ0v) is 7.39. The van der Waals surface area contributed by atoms with Crippen molar-refractivity contribution >= 4 is 27.6 Å². The van der Waals surface area contributed by atoms with Crippen LogP contribution >= 0.6 is 15.9 Å². The second kappa shape index (κ2) is 3.10. The Labute approximate surface area is 76.1 Å². The lowest BCUT2D eigenvalue weighted by Gasteiger charge is -2.05. The monoisotopic (exact) mass is 232 g/mol. The Bertz CT molecular complexity index is 317. The molecule has 1 aromatic carbocycles. The van der Waals surface area contributed by atoms with Gasteiger partial charge in [0.05, 0.1) is 11.7 Å². The SMILES string of the molecule is Nc1c(F)cc(C(=O)[O-])cc1Br. The average molecular weight is 233 g/mol. The first kappa shape index (κ1) is 8.99. The van der Waals surface area contributed by atoms with Crippen molar-refractivity contribution in [1.82, 2.24) is 0 Å². The van der Waals surface area contributed by atoms with E-state index < -0.39 is 11.8 Å². The molecule has 0 aliphatic rings. The van der Waals surface area contributed by atoms with Crippen molar-refractivity contribution in [3.63, 3.8) is 0 Å². The van der Waals surface area contributed by atoms with Gasteiger partial charge in [-0.05, 0) is 28.1 Å². The molecular weight excluding hydrogens is 229 g/mol. The molecule has 5 heteroatoms. The van der Waals surface area contributed by atoms with Gasteiger partial charge in [-0.1, -0.05) is 0 Å². The third-order valence-electron chi connectivity index (χ3n) is 1.31. The molecule has 0 unspecified atom stereocenters. The van der Waals surface area contributed by atoms with E-state index in [9.17, 15) is 14.3 Å². The molecule has 0 fully saturated rings. The standard InChI is InChI=1S/C7H5BrFNO2/c8-4-1-3(7(11)12)2-5(9)6(4)10/h1-2H,10H2,(H,11,12)/p-1. The maximum absolute atomic E-state index is 12.8. The number of carboxylic acids is 1. The van der Waals surface area contributed by atoms with E-state index in [2.05, 4.69) is 15.9 Å². The van der Waals surface area contributed by atoms with Gasteiger partial charge in [-0.3, -0.25) is 0 Å². The van der Waals surface area contributed by atoms with Crippen LogP contribution in [0.15, 0.2) is 16.6 Å². The summed E-state index contributed by atoms with van der Waals surface area (Å²) in [5.74, 6) is -2.21. The first-order chi connectivity index (χ1) is 5.52. The van der Waals surface area contributed by atoms with Crippen LogP contribution in [0, 0.1) is 5.82 Å². The van der Waals surface area contributed by atoms with Crippen LogP contribution in [0.1, 0.15) is 10.4 Å². The van der Waals surface area contributed by atoms with Gasteiger partial charge in [0.15, 0.2) is 0 Å². The highest BCUT2D eigenvalue weighted by molar-refractivity contribution is 9.10. The van der Waals surface area contributed by atoms with Gasteiger partial charge < -0.3 is 15.6 Å². The van der Waals surface area contributed by atoms with Gasteiger partial charge >= 0.3 is 0 Å². The number of nitrogen functional groups attached to an aromatic ring is 1. The molecule has 0 heterocycles. The summed E-state index contributed by atoms with van der Waals surface area (Å²) in [6, 6.07) is 2.00. The molecule has 0 amide bonds. The van der Waals surface area contributed by atoms with E-state index in [0.29, 0.717) is 0 Å². The summed E-state index contributed by atoms with van der Waals surface area (Å²) in [6.07, 6.45) is 0. The van der Waals surface area contributed by atoms with Crippen LogP contribution < -0.4 is 10.8 Å². The summed E-state index contributed by atoms with van der Waals surface area (Å²) < 4.78 is 13.0. The van der Waals surface area contributed by atoms with Gasteiger partial charge in [0.25, 0.3) is 0 Å². The highest BCUT2D eigenvalue weighted by Crippen LogP contribution is 2.23. The summed E-state index contributed by atoms with van der Waals surface area (Å²) in [6.45, 7) is 0. The van der Waals surface area contributed by atoms with Crippen molar-refractivity contribution in [1.29, 1.82) is 0 Å². The maximum atomic E-state index is 12.8. The summed E-state index contributed by atoms with van der Waals surface area (Å²) in [4.78, 5) is 10.3. The molecule has 64 valence electrons. The number of halogens is 2. The first-order valence-electron chi connectivity index (χ1n) is 2.98. The number of carboxylic acid groups (broad SMARTS) is 1. The lowest BCUT2D eigenvalue weighted by atomic mass is 10.2. The fourth-order valence-corrected chi connectivity index (χ4v) is 1.14. The Hall–Kier alpha value is -1.10. The normalized spacial score (nSPS) is 9.83. The fraction of sp³-hybridized carbons (Fsp3) is 0. The van der Waals surface area contributed by atoms with Crippen molar-refractivity contribution in [3.05, 3.63) is 28.0 Å². The molecule has 0 aliphatic heterocycles. The van der Waals surface area contributed by atoms with Crippen LogP contribution in [0.3, 0.4) is 0 Å². The molecule has 12 heavy (non-hydrogen) atoms. The number of benzene rings is 1. The summed E-state index contributed by atoms with van der Waals surface area (Å²) in [5, 5.41) is 10.3. The van der Waals surface area contributed by atoms with E-state index in [1.807, 2.05) is 0 Å². The largest absolute Gasteiger partial charge is 0.545 e. The minimum Gasteiger partial charge on any atom is -0.545 e. The number of hydrogen-bond donors (Lipinski definition) is 1. The van der Waals surface area contributed by atoms with Crippen molar-refractivity contribution in [3.8, 4) is 0 Å². The van der Waals surface area contributed by atoms with E-state index in [-0.39, 0.29) is 15.7 Å². The maximum Gasteiger partial charge on any atom is 0.147 e. The van der Waals surface area contributed by atoms with E-state index >= 15 is 0 Å². The molecule has 0 aromatic heterocycles. The first-order valence-corrected chi connectivity index (χ1v) is 3.77. The Kier molecular flexibility index (Phi) is 2.32. The van der Waals surface area contributed by atoms with Crippen LogP contribution in [0.5, 0.6) is 0 Å². The van der Waals surface area contributed by atoms with E-state index in [0.717, 1.165) is 6.07 Å². The average Bonchev–Trinajstić information content (AvgIpc) is 1.99. The molecule has 2 N–H and O–H groups in total. The molecule has 0 radical (unpaired) electrons. The third-order valence-corrected chi connectivity index (χ3v) is 1.97. The van der Waals surface area contributed by atoms with Crippen molar-refractivity contribution in [2.45, 2.75) is 0 Å². The second-order valence-corrected chi connectivity index (χ2v) is 3.00. The summed E-state index contributed by atoms with van der Waals surface area (Å²) in [7, 11) is 0. The highest BCUT2D eigenvalue weighted by Gasteiger charge is 2.05. The lowest BCUT2D eigenvalue weighted by molar-refractivity contribution is -0.255. The number of carbonyl (C=O) groups excluding carboxylic acids is 1. The van der Waals surface area contributed by atoms with E-state index in [4.69, 9.17) is 5.73 Å². The number of rotatable bonds is 1. The predicted octanol–water partition coefficient (Wildman–Crippen LogP) is 0.534. The molecule has 0 atom stereocenters. The second-order valence-electron chi connectivity index (χ2n) is 2.14. The molecule has 0 saturated heterocycles. The number of hydrogen-bond acceptors (Lipinski definition) is 3. The molecule has 0 aliphatic carbocycles. The zero-order chi connectivity index (χ0) is 9.30. The van der Waals surface area contributed by atoms with E-state index in [1.54, 1.807) is 0 Å². The number of carbonyl (C=O) groups is 1. The lowest BCUT2D eigenvalue weighted by Crippen LogP contribution is -2.22. The van der Waals surface area contributed by atoms with Gasteiger partial charge in [0, 0.05) is 10.0 Å². The molecule has 0 saturated carbocycles. The minimum atomic E-state index is -1.44. The number of nitrogens with two attached hydrogens (primary N) is 1. The molecule has 1 rings (SSSR count). The molecule has 1 aromatic rings.